The molecule has 1 aromatic carbocycles. The summed E-state index contributed by atoms with van der Waals surface area (Å²) in [4.78, 5) is 15.0. The Labute approximate surface area is 167 Å². The average molecular weight is 403 g/mol. The molecule has 0 radical (unpaired) electrons. The SMILES string of the molecule is O=C(C1=C2CNCC=C2CN1)N1C[C@H]2CC(c3ccccc3C(F)(F)F)C[C@H]2C1. The fourth-order valence-corrected chi connectivity index (χ4v) is 5.54. The molecule has 1 aromatic rings. The van der Waals surface area contributed by atoms with Gasteiger partial charge in [0.2, 0.25) is 0 Å². The van der Waals surface area contributed by atoms with Crippen molar-refractivity contribution in [3.8, 4) is 0 Å². The number of carbonyl (C=O) groups is 1. The summed E-state index contributed by atoms with van der Waals surface area (Å²) in [6.45, 7) is 3.51. The lowest BCUT2D eigenvalue weighted by molar-refractivity contribution is -0.138. The highest BCUT2D eigenvalue weighted by Gasteiger charge is 2.45. The van der Waals surface area contributed by atoms with E-state index in [-0.39, 0.29) is 23.7 Å². The molecule has 0 spiro atoms. The molecule has 3 heterocycles. The molecular weight excluding hydrogens is 379 g/mol. The van der Waals surface area contributed by atoms with E-state index in [1.807, 2.05) is 4.90 Å². The molecular formula is C22H24F3N3O. The van der Waals surface area contributed by atoms with Crippen LogP contribution in [-0.4, -0.2) is 43.5 Å². The number of amides is 1. The Kier molecular flexibility index (Phi) is 4.46. The summed E-state index contributed by atoms with van der Waals surface area (Å²) in [5.74, 6) is 0.506. The number of carbonyl (C=O) groups excluding carboxylic acids is 1. The average Bonchev–Trinajstić information content (AvgIpc) is 3.39. The maximum absolute atomic E-state index is 13.4. The van der Waals surface area contributed by atoms with Crippen LogP contribution in [0.4, 0.5) is 13.2 Å². The molecule has 7 heteroatoms. The van der Waals surface area contributed by atoms with Gasteiger partial charge >= 0.3 is 6.18 Å². The number of nitrogens with zero attached hydrogens (tertiary/aromatic N) is 1. The third kappa shape index (κ3) is 3.25. The third-order valence-electron chi connectivity index (χ3n) is 6.90. The zero-order valence-electron chi connectivity index (χ0n) is 16.1. The predicted molar refractivity (Wildman–Crippen MR) is 103 cm³/mol. The van der Waals surface area contributed by atoms with E-state index in [4.69, 9.17) is 0 Å². The second kappa shape index (κ2) is 6.90. The van der Waals surface area contributed by atoms with Gasteiger partial charge < -0.3 is 15.5 Å². The summed E-state index contributed by atoms with van der Waals surface area (Å²) in [5.41, 5.74) is 2.87. The highest BCUT2D eigenvalue weighted by molar-refractivity contribution is 5.95. The van der Waals surface area contributed by atoms with Crippen molar-refractivity contribution in [3.05, 3.63) is 58.3 Å². The molecule has 1 unspecified atom stereocenters. The molecule has 1 saturated heterocycles. The van der Waals surface area contributed by atoms with Gasteiger partial charge in [-0.2, -0.15) is 13.2 Å². The van der Waals surface area contributed by atoms with Crippen molar-refractivity contribution >= 4 is 5.91 Å². The van der Waals surface area contributed by atoms with Crippen molar-refractivity contribution in [2.24, 2.45) is 11.8 Å². The first-order valence-electron chi connectivity index (χ1n) is 10.2. The maximum atomic E-state index is 13.4. The number of fused-ring (bicyclic) bond motifs is 2. The first-order chi connectivity index (χ1) is 13.9. The van der Waals surface area contributed by atoms with Gasteiger partial charge in [-0.25, -0.2) is 0 Å². The molecule has 5 rings (SSSR count). The van der Waals surface area contributed by atoms with Crippen molar-refractivity contribution < 1.29 is 18.0 Å². The Balaban J connectivity index is 1.30. The fourth-order valence-electron chi connectivity index (χ4n) is 5.54. The molecule has 2 fully saturated rings. The summed E-state index contributed by atoms with van der Waals surface area (Å²) in [5, 5.41) is 6.53. The number of nitrogens with one attached hydrogen (secondary N) is 2. The Morgan fingerprint density at radius 3 is 2.52 bits per heavy atom. The molecule has 3 aliphatic heterocycles. The van der Waals surface area contributed by atoms with Gasteiger partial charge in [-0.1, -0.05) is 24.3 Å². The molecule has 2 N–H and O–H groups in total. The minimum atomic E-state index is -4.32. The van der Waals surface area contributed by atoms with E-state index >= 15 is 0 Å². The molecule has 4 nitrogen and oxygen atoms in total. The van der Waals surface area contributed by atoms with E-state index in [0.29, 0.717) is 50.3 Å². The van der Waals surface area contributed by atoms with Gasteiger partial charge in [-0.15, -0.1) is 0 Å². The van der Waals surface area contributed by atoms with E-state index in [2.05, 4.69) is 16.7 Å². The minimum Gasteiger partial charge on any atom is -0.376 e. The zero-order valence-corrected chi connectivity index (χ0v) is 16.1. The van der Waals surface area contributed by atoms with Crippen molar-refractivity contribution in [2.75, 3.05) is 32.7 Å². The van der Waals surface area contributed by atoms with Crippen LogP contribution in [0, 0.1) is 11.8 Å². The second-order valence-electron chi connectivity index (χ2n) is 8.55. The summed E-state index contributed by atoms with van der Waals surface area (Å²) in [6.07, 6.45) is -0.772. The van der Waals surface area contributed by atoms with Crippen LogP contribution >= 0.6 is 0 Å². The van der Waals surface area contributed by atoms with Crippen molar-refractivity contribution in [3.63, 3.8) is 0 Å². The Morgan fingerprint density at radius 2 is 1.79 bits per heavy atom. The molecule has 4 aliphatic rings. The number of benzene rings is 1. The molecule has 1 amide bonds. The standard InChI is InChI=1S/C22H24F3N3O/c23-22(24,25)19-4-2-1-3-17(19)14-7-15-11-28(12-16(15)8-14)21(29)20-18-10-26-6-5-13(18)9-27-20/h1-5,14-16,26-27H,6-12H2/t14?,15-,16+. The summed E-state index contributed by atoms with van der Waals surface area (Å²) < 4.78 is 40.2. The molecule has 3 atom stereocenters. The van der Waals surface area contributed by atoms with E-state index in [0.717, 1.165) is 12.1 Å². The second-order valence-corrected chi connectivity index (χ2v) is 8.55. The summed E-state index contributed by atoms with van der Waals surface area (Å²) in [7, 11) is 0. The molecule has 1 aliphatic carbocycles. The largest absolute Gasteiger partial charge is 0.416 e. The smallest absolute Gasteiger partial charge is 0.376 e. The minimum absolute atomic E-state index is 0.0359. The normalized spacial score (nSPS) is 28.9. The number of likely N-dealkylation sites (tertiary alicyclic amines) is 1. The van der Waals surface area contributed by atoms with Gasteiger partial charge in [-0.05, 0) is 53.4 Å². The molecule has 0 bridgehead atoms. The van der Waals surface area contributed by atoms with Gasteiger partial charge in [0.1, 0.15) is 5.70 Å². The fraction of sp³-hybridized carbons (Fsp3) is 0.500. The van der Waals surface area contributed by atoms with Crippen LogP contribution in [0.1, 0.15) is 29.9 Å². The quantitative estimate of drug-likeness (QED) is 0.798. The maximum Gasteiger partial charge on any atom is 0.416 e. The summed E-state index contributed by atoms with van der Waals surface area (Å²) in [6, 6.07) is 5.95. The van der Waals surface area contributed by atoms with Gasteiger partial charge in [0.15, 0.2) is 0 Å². The Hall–Kier alpha value is -2.28. The Morgan fingerprint density at radius 1 is 1.07 bits per heavy atom. The molecule has 29 heavy (non-hydrogen) atoms. The van der Waals surface area contributed by atoms with Crippen LogP contribution < -0.4 is 10.6 Å². The number of alkyl halides is 3. The lowest BCUT2D eigenvalue weighted by Gasteiger charge is -2.22. The first kappa shape index (κ1) is 18.7. The molecule has 0 aromatic heterocycles. The van der Waals surface area contributed by atoms with E-state index in [9.17, 15) is 18.0 Å². The van der Waals surface area contributed by atoms with Crippen molar-refractivity contribution in [1.29, 1.82) is 0 Å². The van der Waals surface area contributed by atoms with Crippen LogP contribution in [0.5, 0.6) is 0 Å². The predicted octanol–water partition coefficient (Wildman–Crippen LogP) is 3.04. The third-order valence-corrected chi connectivity index (χ3v) is 6.90. The van der Waals surface area contributed by atoms with E-state index < -0.39 is 11.7 Å². The lowest BCUT2D eigenvalue weighted by atomic mass is 9.91. The van der Waals surface area contributed by atoms with Crippen molar-refractivity contribution in [1.82, 2.24) is 15.5 Å². The van der Waals surface area contributed by atoms with Gasteiger partial charge in [0.05, 0.1) is 5.56 Å². The summed E-state index contributed by atoms with van der Waals surface area (Å²) >= 11 is 0. The molecule has 154 valence electrons. The lowest BCUT2D eigenvalue weighted by Crippen LogP contribution is -2.35. The van der Waals surface area contributed by atoms with Crippen LogP contribution in [0.25, 0.3) is 0 Å². The van der Waals surface area contributed by atoms with Gasteiger partial charge in [-0.3, -0.25) is 4.79 Å². The zero-order chi connectivity index (χ0) is 20.2. The highest BCUT2D eigenvalue weighted by atomic mass is 19.4. The van der Waals surface area contributed by atoms with Crippen molar-refractivity contribution in [2.45, 2.75) is 24.9 Å². The number of hydrogen-bond acceptors (Lipinski definition) is 3. The first-order valence-corrected chi connectivity index (χ1v) is 10.2. The van der Waals surface area contributed by atoms with E-state index in [1.54, 1.807) is 12.1 Å². The monoisotopic (exact) mass is 403 g/mol. The van der Waals surface area contributed by atoms with Crippen LogP contribution in [-0.2, 0) is 11.0 Å². The van der Waals surface area contributed by atoms with Gasteiger partial charge in [0.25, 0.3) is 5.91 Å². The number of halogens is 3. The molecule has 1 saturated carbocycles. The van der Waals surface area contributed by atoms with Gasteiger partial charge in [0, 0.05) is 32.7 Å². The number of hydrogen-bond donors (Lipinski definition) is 2. The van der Waals surface area contributed by atoms with E-state index in [1.165, 1.54) is 17.7 Å². The van der Waals surface area contributed by atoms with Crippen LogP contribution in [0.15, 0.2) is 47.2 Å². The van der Waals surface area contributed by atoms with Crippen LogP contribution in [0.2, 0.25) is 0 Å². The Bertz CT molecular complexity index is 891. The highest BCUT2D eigenvalue weighted by Crippen LogP contribution is 2.49. The topological polar surface area (TPSA) is 44.4 Å². The number of rotatable bonds is 2. The van der Waals surface area contributed by atoms with Crippen LogP contribution in [0.3, 0.4) is 0 Å².